The fourth-order valence-corrected chi connectivity index (χ4v) is 4.87. The molecule has 12 heteroatoms. The summed E-state index contributed by atoms with van der Waals surface area (Å²) in [5, 5.41) is 23.1. The largest absolute Gasteiger partial charge is 0.392 e. The van der Waals surface area contributed by atoms with Gasteiger partial charge in [0, 0.05) is 37.2 Å². The highest BCUT2D eigenvalue weighted by Crippen LogP contribution is 2.35. The molecule has 1 amide bonds. The molecular weight excluding hydrogens is 477 g/mol. The molecule has 4 N–H and O–H groups in total. The first-order valence-corrected chi connectivity index (χ1v) is 12.0. The SMILES string of the molecule is N#Cc1cc(-c2ccnc(Nc3cccnc3C3C[C@H](O)CN3CC(N)=O)n2)cnc1N1CC[C@H](F)C1. The number of halogens is 1. The molecular formula is C25H26FN9O2. The highest BCUT2D eigenvalue weighted by Gasteiger charge is 2.35. The summed E-state index contributed by atoms with van der Waals surface area (Å²) in [7, 11) is 0. The first-order chi connectivity index (χ1) is 17.9. The summed E-state index contributed by atoms with van der Waals surface area (Å²) >= 11 is 0. The number of anilines is 3. The van der Waals surface area contributed by atoms with Gasteiger partial charge in [-0.05, 0) is 37.1 Å². The molecule has 3 atom stereocenters. The predicted molar refractivity (Wildman–Crippen MR) is 133 cm³/mol. The zero-order chi connectivity index (χ0) is 25.9. The second kappa shape index (κ2) is 10.4. The number of aromatic nitrogens is 4. The van der Waals surface area contributed by atoms with Crippen LogP contribution in [0.1, 0.15) is 30.1 Å². The molecule has 2 saturated heterocycles. The van der Waals surface area contributed by atoms with Gasteiger partial charge in [0.1, 0.15) is 18.1 Å². The van der Waals surface area contributed by atoms with Gasteiger partial charge in [0.15, 0.2) is 0 Å². The van der Waals surface area contributed by atoms with E-state index in [0.717, 1.165) is 0 Å². The highest BCUT2D eigenvalue weighted by molar-refractivity contribution is 5.76. The zero-order valence-electron chi connectivity index (χ0n) is 20.0. The number of nitrogens with two attached hydrogens (primary N) is 1. The molecule has 190 valence electrons. The Morgan fingerprint density at radius 3 is 2.89 bits per heavy atom. The summed E-state index contributed by atoms with van der Waals surface area (Å²) in [5.41, 5.74) is 8.20. The third-order valence-electron chi connectivity index (χ3n) is 6.51. The van der Waals surface area contributed by atoms with Crippen molar-refractivity contribution < 1.29 is 14.3 Å². The average Bonchev–Trinajstić information content (AvgIpc) is 3.48. The maximum absolute atomic E-state index is 13.7. The molecule has 2 aliphatic rings. The Hall–Kier alpha value is -4.21. The van der Waals surface area contributed by atoms with E-state index in [2.05, 4.69) is 31.3 Å². The maximum Gasteiger partial charge on any atom is 0.231 e. The van der Waals surface area contributed by atoms with Gasteiger partial charge in [-0.2, -0.15) is 5.26 Å². The molecule has 0 saturated carbocycles. The van der Waals surface area contributed by atoms with E-state index < -0.39 is 18.2 Å². The second-order valence-corrected chi connectivity index (χ2v) is 9.17. The van der Waals surface area contributed by atoms with Crippen LogP contribution in [0.3, 0.4) is 0 Å². The molecule has 0 aliphatic carbocycles. The third-order valence-corrected chi connectivity index (χ3v) is 6.51. The summed E-state index contributed by atoms with van der Waals surface area (Å²) in [4.78, 5) is 33.0. The molecule has 37 heavy (non-hydrogen) atoms. The topological polar surface area (TPSA) is 157 Å². The van der Waals surface area contributed by atoms with Crippen molar-refractivity contribution in [1.29, 1.82) is 5.26 Å². The first-order valence-electron chi connectivity index (χ1n) is 12.0. The Labute approximate surface area is 212 Å². The van der Waals surface area contributed by atoms with Gasteiger partial charge in [-0.3, -0.25) is 14.7 Å². The van der Waals surface area contributed by atoms with Crippen LogP contribution in [0.5, 0.6) is 0 Å². The molecule has 0 bridgehead atoms. The summed E-state index contributed by atoms with van der Waals surface area (Å²) < 4.78 is 13.7. The van der Waals surface area contributed by atoms with Gasteiger partial charge in [-0.25, -0.2) is 19.3 Å². The lowest BCUT2D eigenvalue weighted by Gasteiger charge is -2.24. The number of carbonyl (C=O) groups is 1. The van der Waals surface area contributed by atoms with Gasteiger partial charge in [-0.15, -0.1) is 0 Å². The minimum Gasteiger partial charge on any atom is -0.392 e. The summed E-state index contributed by atoms with van der Waals surface area (Å²) in [5.74, 6) is 0.290. The van der Waals surface area contributed by atoms with Crippen LogP contribution in [0.4, 0.5) is 21.8 Å². The maximum atomic E-state index is 13.7. The number of carbonyl (C=O) groups excluding carboxylic acids is 1. The van der Waals surface area contributed by atoms with Crippen LogP contribution in [-0.4, -0.2) is 74.3 Å². The second-order valence-electron chi connectivity index (χ2n) is 9.17. The van der Waals surface area contributed by atoms with Crippen molar-refractivity contribution in [3.05, 3.63) is 54.1 Å². The first kappa shape index (κ1) is 24.5. The summed E-state index contributed by atoms with van der Waals surface area (Å²) in [6.07, 6.45) is 4.17. The number of pyridine rings is 2. The Kier molecular flexibility index (Phi) is 6.89. The van der Waals surface area contributed by atoms with Crippen molar-refractivity contribution in [1.82, 2.24) is 24.8 Å². The molecule has 5 heterocycles. The number of nitrogens with one attached hydrogen (secondary N) is 1. The molecule has 2 aliphatic heterocycles. The van der Waals surface area contributed by atoms with Gasteiger partial charge in [0.05, 0.1) is 47.9 Å². The molecule has 2 fully saturated rings. The van der Waals surface area contributed by atoms with Crippen molar-refractivity contribution in [2.45, 2.75) is 31.2 Å². The number of alkyl halides is 1. The summed E-state index contributed by atoms with van der Waals surface area (Å²) in [6, 6.07) is 8.84. The van der Waals surface area contributed by atoms with E-state index in [4.69, 9.17) is 5.73 Å². The van der Waals surface area contributed by atoms with E-state index in [1.54, 1.807) is 46.6 Å². The zero-order valence-corrected chi connectivity index (χ0v) is 20.0. The number of β-amino-alcohol motifs (C(OH)–C–C–N with tert-alkyl or cyclic N) is 1. The Morgan fingerprint density at radius 1 is 1.27 bits per heavy atom. The van der Waals surface area contributed by atoms with E-state index in [-0.39, 0.29) is 19.1 Å². The van der Waals surface area contributed by atoms with E-state index in [1.165, 1.54) is 0 Å². The van der Waals surface area contributed by atoms with Crippen molar-refractivity contribution in [3.8, 4) is 17.3 Å². The lowest BCUT2D eigenvalue weighted by molar-refractivity contribution is -0.119. The van der Waals surface area contributed by atoms with Crippen LogP contribution < -0.4 is 16.0 Å². The minimum atomic E-state index is -0.920. The monoisotopic (exact) mass is 503 g/mol. The lowest BCUT2D eigenvalue weighted by Crippen LogP contribution is -2.34. The molecule has 0 spiro atoms. The standard InChI is InChI=1S/C25H26FN9O2/c26-17-4-7-34(12-17)24-15(10-27)8-16(11-31-24)19-3-6-30-25(32-19)33-20-2-1-5-29-23(20)21-9-18(36)13-35(21)14-22(28)37/h1-3,5-6,8,11,17-18,21,36H,4,7,9,12-14H2,(H2,28,37)(H,30,32,33)/t17-,18-,21?/m0/s1. The number of likely N-dealkylation sites (tertiary alicyclic amines) is 1. The number of nitrogens with zero attached hydrogens (tertiary/aromatic N) is 7. The number of aliphatic hydroxyl groups excluding tert-OH is 1. The van der Waals surface area contributed by atoms with Crippen molar-refractivity contribution in [3.63, 3.8) is 0 Å². The van der Waals surface area contributed by atoms with Gasteiger partial charge < -0.3 is 21.1 Å². The minimum absolute atomic E-state index is 0.0113. The van der Waals surface area contributed by atoms with E-state index in [9.17, 15) is 19.6 Å². The third kappa shape index (κ3) is 5.32. The smallest absolute Gasteiger partial charge is 0.231 e. The molecule has 0 aromatic carbocycles. The fourth-order valence-electron chi connectivity index (χ4n) is 4.87. The number of amides is 1. The summed E-state index contributed by atoms with van der Waals surface area (Å²) in [6.45, 7) is 1.08. The predicted octanol–water partition coefficient (Wildman–Crippen LogP) is 1.69. The lowest BCUT2D eigenvalue weighted by atomic mass is 10.1. The molecule has 0 radical (unpaired) electrons. The molecule has 1 unspecified atom stereocenters. The Balaban J connectivity index is 1.40. The molecule has 3 aromatic heterocycles. The van der Waals surface area contributed by atoms with Crippen LogP contribution in [0.2, 0.25) is 0 Å². The number of hydrogen-bond donors (Lipinski definition) is 3. The van der Waals surface area contributed by atoms with Crippen LogP contribution in [0, 0.1) is 11.3 Å². The number of hydrogen-bond acceptors (Lipinski definition) is 10. The molecule has 3 aromatic rings. The van der Waals surface area contributed by atoms with E-state index in [0.29, 0.717) is 65.9 Å². The Morgan fingerprint density at radius 2 is 2.14 bits per heavy atom. The van der Waals surface area contributed by atoms with Crippen LogP contribution in [0.25, 0.3) is 11.3 Å². The van der Waals surface area contributed by atoms with Gasteiger partial charge in [-0.1, -0.05) is 0 Å². The average molecular weight is 504 g/mol. The van der Waals surface area contributed by atoms with Crippen molar-refractivity contribution in [2.24, 2.45) is 5.73 Å². The quantitative estimate of drug-likeness (QED) is 0.433. The normalized spacial score (nSPS) is 21.6. The molecule has 11 nitrogen and oxygen atoms in total. The van der Waals surface area contributed by atoms with Crippen molar-refractivity contribution in [2.75, 3.05) is 36.4 Å². The van der Waals surface area contributed by atoms with Crippen LogP contribution in [-0.2, 0) is 4.79 Å². The van der Waals surface area contributed by atoms with Gasteiger partial charge in [0.2, 0.25) is 11.9 Å². The van der Waals surface area contributed by atoms with Gasteiger partial charge >= 0.3 is 0 Å². The molecule has 5 rings (SSSR count). The Bertz CT molecular complexity index is 1350. The number of primary amides is 1. The number of rotatable bonds is 7. The number of aliphatic hydroxyl groups is 1. The highest BCUT2D eigenvalue weighted by atomic mass is 19.1. The van der Waals surface area contributed by atoms with Crippen LogP contribution in [0.15, 0.2) is 42.9 Å². The van der Waals surface area contributed by atoms with E-state index in [1.807, 2.05) is 6.07 Å². The fraction of sp³-hybridized carbons (Fsp3) is 0.360. The number of nitriles is 1. The van der Waals surface area contributed by atoms with Crippen molar-refractivity contribution >= 4 is 23.4 Å². The van der Waals surface area contributed by atoms with E-state index >= 15 is 0 Å². The van der Waals surface area contributed by atoms with Gasteiger partial charge in [0.25, 0.3) is 0 Å². The van der Waals surface area contributed by atoms with Crippen LogP contribution >= 0.6 is 0 Å².